The number of carbonyl (C=O) groups excluding carboxylic acids is 1. The summed E-state index contributed by atoms with van der Waals surface area (Å²) in [7, 11) is 6.79. The number of hydrogen-bond acceptors (Lipinski definition) is 9. The van der Waals surface area contributed by atoms with Crippen molar-refractivity contribution in [2.24, 2.45) is 0 Å². The molecule has 1 aliphatic rings. The Morgan fingerprint density at radius 1 is 1.00 bits per heavy atom. The lowest BCUT2D eigenvalue weighted by molar-refractivity contribution is 0.114. The predicted octanol–water partition coefficient (Wildman–Crippen LogP) is 4.63. The molecule has 0 spiro atoms. The van der Waals surface area contributed by atoms with E-state index in [1.165, 1.54) is 32.4 Å². The quantitative estimate of drug-likeness (QED) is 0.263. The first-order chi connectivity index (χ1) is 21.1. The zero-order valence-corrected chi connectivity index (χ0v) is 25.4. The molecule has 2 aromatic carbocycles. The van der Waals surface area contributed by atoms with Gasteiger partial charge in [0.05, 0.1) is 38.2 Å². The van der Waals surface area contributed by atoms with E-state index >= 15 is 0 Å². The molecule has 3 heterocycles. The predicted molar refractivity (Wildman–Crippen MR) is 162 cm³/mol. The molecule has 0 saturated heterocycles. The number of hydroxylamine groups is 1. The van der Waals surface area contributed by atoms with Crippen molar-refractivity contribution in [3.8, 4) is 11.6 Å². The van der Waals surface area contributed by atoms with Crippen LogP contribution < -0.4 is 25.3 Å². The number of nitrogens with zero attached hydrogens (tertiary/aromatic N) is 7. The van der Waals surface area contributed by atoms with Crippen molar-refractivity contribution in [3.63, 3.8) is 0 Å². The number of benzene rings is 2. The van der Waals surface area contributed by atoms with Crippen LogP contribution in [0, 0.1) is 11.6 Å². The fourth-order valence-electron chi connectivity index (χ4n) is 5.49. The molecular weight excluding hydrogens is 572 g/mol. The summed E-state index contributed by atoms with van der Waals surface area (Å²) >= 11 is 0. The van der Waals surface area contributed by atoms with Crippen LogP contribution in [0.15, 0.2) is 54.6 Å². The van der Waals surface area contributed by atoms with Crippen LogP contribution in [0.3, 0.4) is 0 Å². The van der Waals surface area contributed by atoms with Gasteiger partial charge in [0.2, 0.25) is 5.88 Å². The van der Waals surface area contributed by atoms with Gasteiger partial charge in [-0.25, -0.2) is 23.7 Å². The molecule has 0 radical (unpaired) electrons. The molecule has 2 unspecified atom stereocenters. The Morgan fingerprint density at radius 2 is 1.70 bits per heavy atom. The highest BCUT2D eigenvalue weighted by Crippen LogP contribution is 2.44. The average Bonchev–Trinajstić information content (AvgIpc) is 3.36. The number of rotatable bonds is 9. The van der Waals surface area contributed by atoms with Crippen molar-refractivity contribution >= 4 is 23.4 Å². The molecular formula is C30H35F2N9O3. The SMILES string of the molecule is CONC(=O)Nc1ccc(-n2nc3c(c2CN(C)C)C(C)N(c2ccc(OC)nn2)C(C)N3Cc2c(F)cccc2F)cc1. The van der Waals surface area contributed by atoms with E-state index in [0.29, 0.717) is 29.7 Å². The van der Waals surface area contributed by atoms with E-state index in [9.17, 15) is 13.6 Å². The van der Waals surface area contributed by atoms with Crippen LogP contribution in [0.5, 0.6) is 5.88 Å². The van der Waals surface area contributed by atoms with Crippen LogP contribution in [0.25, 0.3) is 5.69 Å². The number of amides is 2. The smallest absolute Gasteiger partial charge is 0.343 e. The molecule has 0 bridgehead atoms. The number of anilines is 3. The van der Waals surface area contributed by atoms with Crippen LogP contribution in [-0.4, -0.2) is 65.4 Å². The lowest BCUT2D eigenvalue weighted by atomic mass is 10.00. The summed E-state index contributed by atoms with van der Waals surface area (Å²) < 4.78 is 37.0. The van der Waals surface area contributed by atoms with E-state index in [4.69, 9.17) is 9.84 Å². The van der Waals surface area contributed by atoms with Crippen molar-refractivity contribution in [3.05, 3.63) is 83.1 Å². The minimum absolute atomic E-state index is 0.0610. The van der Waals surface area contributed by atoms with Crippen LogP contribution in [0.4, 0.5) is 30.9 Å². The van der Waals surface area contributed by atoms with Gasteiger partial charge < -0.3 is 24.8 Å². The molecule has 232 valence electrons. The van der Waals surface area contributed by atoms with Crippen LogP contribution >= 0.6 is 0 Å². The number of fused-ring (bicyclic) bond motifs is 1. The molecule has 5 rings (SSSR count). The highest BCUT2D eigenvalue weighted by molar-refractivity contribution is 5.88. The Hall–Kier alpha value is -4.82. The van der Waals surface area contributed by atoms with Gasteiger partial charge in [0.15, 0.2) is 11.6 Å². The third kappa shape index (κ3) is 5.98. The number of halogens is 2. The highest BCUT2D eigenvalue weighted by Gasteiger charge is 2.41. The molecule has 2 aromatic heterocycles. The summed E-state index contributed by atoms with van der Waals surface area (Å²) in [5.74, 6) is 0.270. The van der Waals surface area contributed by atoms with Crippen LogP contribution in [0.1, 0.15) is 36.7 Å². The standard InChI is InChI=1S/C30H35F2N9O3/c1-18-28-25(17-38(3)4)41(21-12-10-20(11-13-21)33-30(42)37-44-6)36-29(28)39(16-22-23(31)8-7-9-24(22)32)19(2)40(18)26-14-15-27(43-5)35-34-26/h7-15,18-19H,16-17H2,1-6H3,(H2,33,37,42). The van der Waals surface area contributed by atoms with Gasteiger partial charge in [-0.15, -0.1) is 15.3 Å². The van der Waals surface area contributed by atoms with E-state index < -0.39 is 23.8 Å². The largest absolute Gasteiger partial charge is 0.480 e. The Labute approximate surface area is 254 Å². The maximum atomic E-state index is 15.0. The topological polar surface area (TPSA) is 113 Å². The second kappa shape index (κ2) is 12.8. The minimum atomic E-state index is -0.637. The Morgan fingerprint density at radius 3 is 2.30 bits per heavy atom. The summed E-state index contributed by atoms with van der Waals surface area (Å²) in [6.07, 6.45) is -0.416. The van der Waals surface area contributed by atoms with E-state index in [-0.39, 0.29) is 18.2 Å². The highest BCUT2D eigenvalue weighted by atomic mass is 19.1. The lowest BCUT2D eigenvalue weighted by Gasteiger charge is -2.46. The first kappa shape index (κ1) is 30.6. The van der Waals surface area contributed by atoms with Gasteiger partial charge in [-0.2, -0.15) is 0 Å². The van der Waals surface area contributed by atoms with E-state index in [1.807, 2.05) is 53.7 Å². The molecule has 0 fully saturated rings. The van der Waals surface area contributed by atoms with Gasteiger partial charge >= 0.3 is 6.03 Å². The first-order valence-corrected chi connectivity index (χ1v) is 14.0. The van der Waals surface area contributed by atoms with Crippen molar-refractivity contribution in [1.29, 1.82) is 0 Å². The number of ether oxygens (including phenoxy) is 1. The maximum Gasteiger partial charge on any atom is 0.343 e. The third-order valence-electron chi connectivity index (χ3n) is 7.48. The van der Waals surface area contributed by atoms with Gasteiger partial charge in [-0.3, -0.25) is 4.84 Å². The molecule has 2 N–H and O–H groups in total. The molecule has 44 heavy (non-hydrogen) atoms. The van der Waals surface area contributed by atoms with E-state index in [2.05, 4.69) is 37.7 Å². The average molecular weight is 608 g/mol. The summed E-state index contributed by atoms with van der Waals surface area (Å²) in [6, 6.07) is 13.8. The second-order valence-electron chi connectivity index (χ2n) is 10.6. The van der Waals surface area contributed by atoms with Gasteiger partial charge in [-0.05, 0) is 70.4 Å². The number of urea groups is 1. The number of carbonyl (C=O) groups is 1. The van der Waals surface area contributed by atoms with Gasteiger partial charge in [0, 0.05) is 29.4 Å². The normalized spacial score (nSPS) is 16.2. The van der Waals surface area contributed by atoms with Gasteiger partial charge in [0.1, 0.15) is 17.8 Å². The van der Waals surface area contributed by atoms with Crippen molar-refractivity contribution in [1.82, 2.24) is 30.4 Å². The zero-order chi connectivity index (χ0) is 31.5. The molecule has 2 amide bonds. The number of hydrogen-bond donors (Lipinski definition) is 2. The summed E-state index contributed by atoms with van der Waals surface area (Å²) in [5, 5.41) is 16.3. The fraction of sp³-hybridized carbons (Fsp3) is 0.333. The molecule has 12 nitrogen and oxygen atoms in total. The van der Waals surface area contributed by atoms with Crippen LogP contribution in [0.2, 0.25) is 0 Å². The fourth-order valence-corrected chi connectivity index (χ4v) is 5.49. The number of aromatic nitrogens is 4. The molecule has 14 heteroatoms. The molecule has 0 saturated carbocycles. The Bertz CT molecular complexity index is 1590. The van der Waals surface area contributed by atoms with Crippen molar-refractivity contribution in [2.75, 3.05) is 43.4 Å². The van der Waals surface area contributed by atoms with Crippen molar-refractivity contribution in [2.45, 2.75) is 39.1 Å². The second-order valence-corrected chi connectivity index (χ2v) is 10.6. The van der Waals surface area contributed by atoms with E-state index in [0.717, 1.165) is 16.9 Å². The first-order valence-electron chi connectivity index (χ1n) is 14.0. The molecule has 0 aliphatic carbocycles. The lowest BCUT2D eigenvalue weighted by Crippen LogP contribution is -2.52. The number of nitrogens with one attached hydrogen (secondary N) is 2. The Balaban J connectivity index is 1.65. The zero-order valence-electron chi connectivity index (χ0n) is 25.4. The maximum absolute atomic E-state index is 15.0. The Kier molecular flexibility index (Phi) is 8.92. The van der Waals surface area contributed by atoms with Crippen LogP contribution in [-0.2, 0) is 17.9 Å². The minimum Gasteiger partial charge on any atom is -0.480 e. The molecule has 1 aliphatic heterocycles. The molecule has 4 aromatic rings. The van der Waals surface area contributed by atoms with Crippen molar-refractivity contribution < 1.29 is 23.1 Å². The van der Waals surface area contributed by atoms with E-state index in [1.54, 1.807) is 18.2 Å². The molecule has 2 atom stereocenters. The van der Waals surface area contributed by atoms with Gasteiger partial charge in [-0.1, -0.05) is 6.07 Å². The summed E-state index contributed by atoms with van der Waals surface area (Å²) in [6.45, 7) is 4.44. The monoisotopic (exact) mass is 607 g/mol. The number of methoxy groups -OCH3 is 1. The summed E-state index contributed by atoms with van der Waals surface area (Å²) in [4.78, 5) is 22.5. The van der Waals surface area contributed by atoms with Gasteiger partial charge in [0.25, 0.3) is 0 Å². The summed E-state index contributed by atoms with van der Waals surface area (Å²) in [5.41, 5.74) is 5.21. The third-order valence-corrected chi connectivity index (χ3v) is 7.48.